The van der Waals surface area contributed by atoms with E-state index in [0.717, 1.165) is 33.4 Å². The smallest absolute Gasteiger partial charge is 0.188 e. The van der Waals surface area contributed by atoms with Gasteiger partial charge in [-0.15, -0.1) is 11.6 Å². The van der Waals surface area contributed by atoms with Crippen molar-refractivity contribution < 1.29 is 0 Å². The normalized spacial score (nSPS) is 10.4. The van der Waals surface area contributed by atoms with Crippen molar-refractivity contribution in [1.29, 1.82) is 0 Å². The molecular weight excluding hydrogens is 228 g/mol. The number of hydrogen-bond acceptors (Lipinski definition) is 3. The summed E-state index contributed by atoms with van der Waals surface area (Å²) in [6.07, 6.45) is 0. The molecule has 0 bridgehead atoms. The Hall–Kier alpha value is -0.540. The van der Waals surface area contributed by atoms with Crippen LogP contribution in [0.2, 0.25) is 0 Å². The molecule has 0 unspecified atom stereocenters. The average Bonchev–Trinajstić information content (AvgIpc) is 2.22. The van der Waals surface area contributed by atoms with E-state index < -0.39 is 0 Å². The lowest BCUT2D eigenvalue weighted by molar-refractivity contribution is 0.881. The summed E-state index contributed by atoms with van der Waals surface area (Å²) < 4.78 is 0. The van der Waals surface area contributed by atoms with Crippen molar-refractivity contribution in [3.05, 3.63) is 29.1 Å². The first-order chi connectivity index (χ1) is 7.04. The summed E-state index contributed by atoms with van der Waals surface area (Å²) in [5.41, 5.74) is 4.25. The second-order valence-electron chi connectivity index (χ2n) is 3.47. The fraction of sp³-hybridized carbons (Fsp3) is 0.455. The fourth-order valence-corrected chi connectivity index (χ4v) is 2.06. The second-order valence-corrected chi connectivity index (χ2v) is 4.68. The Kier molecular flexibility index (Phi) is 4.61. The number of aryl methyl sites for hydroxylation is 2. The van der Waals surface area contributed by atoms with E-state index in [1.54, 1.807) is 11.8 Å². The zero-order chi connectivity index (χ0) is 11.4. The quantitative estimate of drug-likeness (QED) is 0.351. The Morgan fingerprint density at radius 3 is 2.27 bits per heavy atom. The minimum atomic E-state index is 0.497. The Labute approximate surface area is 100 Å². The molecule has 82 valence electrons. The first-order valence-corrected chi connectivity index (χ1v) is 6.24. The van der Waals surface area contributed by atoms with Crippen LogP contribution in [0.5, 0.6) is 0 Å². The third kappa shape index (κ3) is 3.50. The topological polar surface area (TPSA) is 25.8 Å². The predicted octanol–water partition coefficient (Wildman–Crippen LogP) is 3.29. The molecule has 0 radical (unpaired) electrons. The number of nitrogens with zero attached hydrogens (tertiary/aromatic N) is 2. The van der Waals surface area contributed by atoms with Gasteiger partial charge in [0.2, 0.25) is 0 Å². The predicted molar refractivity (Wildman–Crippen MR) is 66.8 cm³/mol. The van der Waals surface area contributed by atoms with E-state index in [0.29, 0.717) is 5.88 Å². The highest BCUT2D eigenvalue weighted by molar-refractivity contribution is 7.99. The molecule has 0 saturated carbocycles. The number of thioether (sulfide) groups is 1. The maximum absolute atomic E-state index is 5.65. The Morgan fingerprint density at radius 2 is 1.80 bits per heavy atom. The minimum Gasteiger partial charge on any atom is -0.228 e. The van der Waals surface area contributed by atoms with Crippen LogP contribution in [0, 0.1) is 20.8 Å². The number of alkyl halides is 1. The standard InChI is InChI=1S/C11H15ClN2S/c1-7(5-12)6-15-11-13-9(3)8(2)10(4)14-11/h1,5-6H2,2-4H3. The van der Waals surface area contributed by atoms with Crippen LogP contribution in [-0.4, -0.2) is 21.6 Å². The average molecular weight is 243 g/mol. The molecule has 0 aromatic carbocycles. The molecule has 0 aliphatic carbocycles. The van der Waals surface area contributed by atoms with Gasteiger partial charge in [-0.25, -0.2) is 9.97 Å². The van der Waals surface area contributed by atoms with Gasteiger partial charge in [-0.1, -0.05) is 23.9 Å². The first kappa shape index (κ1) is 12.5. The molecule has 0 fully saturated rings. The van der Waals surface area contributed by atoms with Crippen molar-refractivity contribution in [1.82, 2.24) is 9.97 Å². The highest BCUT2D eigenvalue weighted by Crippen LogP contribution is 2.19. The van der Waals surface area contributed by atoms with E-state index in [1.807, 2.05) is 20.8 Å². The van der Waals surface area contributed by atoms with Gasteiger partial charge in [0, 0.05) is 23.0 Å². The van der Waals surface area contributed by atoms with Gasteiger partial charge >= 0.3 is 0 Å². The van der Waals surface area contributed by atoms with Crippen molar-refractivity contribution in [2.45, 2.75) is 25.9 Å². The van der Waals surface area contributed by atoms with Gasteiger partial charge in [-0.05, 0) is 26.3 Å². The zero-order valence-corrected chi connectivity index (χ0v) is 10.9. The van der Waals surface area contributed by atoms with E-state index >= 15 is 0 Å². The van der Waals surface area contributed by atoms with E-state index in [9.17, 15) is 0 Å². The number of halogens is 1. The van der Waals surface area contributed by atoms with Crippen molar-refractivity contribution in [3.8, 4) is 0 Å². The van der Waals surface area contributed by atoms with Crippen molar-refractivity contribution in [2.75, 3.05) is 11.6 Å². The van der Waals surface area contributed by atoms with Crippen molar-refractivity contribution in [2.24, 2.45) is 0 Å². The van der Waals surface area contributed by atoms with Gasteiger partial charge in [-0.3, -0.25) is 0 Å². The summed E-state index contributed by atoms with van der Waals surface area (Å²) >= 11 is 7.24. The minimum absolute atomic E-state index is 0.497. The molecular formula is C11H15ClN2S. The van der Waals surface area contributed by atoms with Crippen LogP contribution in [0.4, 0.5) is 0 Å². The maximum atomic E-state index is 5.65. The maximum Gasteiger partial charge on any atom is 0.188 e. The Balaban J connectivity index is 2.75. The molecule has 1 rings (SSSR count). The fourth-order valence-electron chi connectivity index (χ4n) is 1.01. The van der Waals surface area contributed by atoms with Gasteiger partial charge in [0.15, 0.2) is 5.16 Å². The highest BCUT2D eigenvalue weighted by atomic mass is 35.5. The SMILES string of the molecule is C=C(CCl)CSc1nc(C)c(C)c(C)n1. The molecule has 0 aliphatic heterocycles. The van der Waals surface area contributed by atoms with Crippen LogP contribution >= 0.6 is 23.4 Å². The number of aromatic nitrogens is 2. The zero-order valence-electron chi connectivity index (χ0n) is 9.30. The van der Waals surface area contributed by atoms with Crippen LogP contribution in [0.15, 0.2) is 17.3 Å². The molecule has 0 amide bonds. The van der Waals surface area contributed by atoms with E-state index in [-0.39, 0.29) is 0 Å². The highest BCUT2D eigenvalue weighted by Gasteiger charge is 2.05. The van der Waals surface area contributed by atoms with Crippen molar-refractivity contribution >= 4 is 23.4 Å². The Morgan fingerprint density at radius 1 is 1.27 bits per heavy atom. The molecule has 15 heavy (non-hydrogen) atoms. The van der Waals surface area contributed by atoms with Gasteiger partial charge in [0.05, 0.1) is 0 Å². The number of rotatable bonds is 4. The molecule has 0 aliphatic rings. The van der Waals surface area contributed by atoms with Gasteiger partial charge in [-0.2, -0.15) is 0 Å². The largest absolute Gasteiger partial charge is 0.228 e. The summed E-state index contributed by atoms with van der Waals surface area (Å²) in [7, 11) is 0. The summed E-state index contributed by atoms with van der Waals surface area (Å²) in [5.74, 6) is 1.28. The van der Waals surface area contributed by atoms with E-state index in [4.69, 9.17) is 11.6 Å². The monoisotopic (exact) mass is 242 g/mol. The summed E-state index contributed by atoms with van der Waals surface area (Å²) in [6, 6.07) is 0. The molecule has 0 spiro atoms. The summed E-state index contributed by atoms with van der Waals surface area (Å²) in [5, 5.41) is 0.807. The van der Waals surface area contributed by atoms with Crippen LogP contribution in [0.3, 0.4) is 0 Å². The van der Waals surface area contributed by atoms with Gasteiger partial charge in [0.25, 0.3) is 0 Å². The molecule has 1 heterocycles. The molecule has 1 aromatic heterocycles. The van der Waals surface area contributed by atoms with E-state index in [2.05, 4.69) is 16.5 Å². The van der Waals surface area contributed by atoms with Crippen LogP contribution in [-0.2, 0) is 0 Å². The lowest BCUT2D eigenvalue weighted by Crippen LogP contribution is -1.99. The van der Waals surface area contributed by atoms with E-state index in [1.165, 1.54) is 0 Å². The van der Waals surface area contributed by atoms with Gasteiger partial charge < -0.3 is 0 Å². The van der Waals surface area contributed by atoms with Crippen LogP contribution in [0.1, 0.15) is 17.0 Å². The van der Waals surface area contributed by atoms with Crippen molar-refractivity contribution in [3.63, 3.8) is 0 Å². The third-order valence-corrected chi connectivity index (χ3v) is 3.58. The van der Waals surface area contributed by atoms with Crippen LogP contribution < -0.4 is 0 Å². The molecule has 2 nitrogen and oxygen atoms in total. The van der Waals surface area contributed by atoms with Crippen LogP contribution in [0.25, 0.3) is 0 Å². The lowest BCUT2D eigenvalue weighted by atomic mass is 10.2. The van der Waals surface area contributed by atoms with Gasteiger partial charge in [0.1, 0.15) is 0 Å². The first-order valence-electron chi connectivity index (χ1n) is 4.72. The molecule has 4 heteroatoms. The summed E-state index contributed by atoms with van der Waals surface area (Å²) in [4.78, 5) is 8.81. The molecule has 0 atom stereocenters. The molecule has 1 aromatic rings. The lowest BCUT2D eigenvalue weighted by Gasteiger charge is -2.06. The second kappa shape index (κ2) is 5.52. The summed E-state index contributed by atoms with van der Waals surface area (Å²) in [6.45, 7) is 9.89. The Bertz CT molecular complexity index is 354. The molecule has 0 N–H and O–H groups in total. The third-order valence-electron chi connectivity index (χ3n) is 2.21. The number of hydrogen-bond donors (Lipinski definition) is 0. The molecule has 0 saturated heterocycles.